The number of hydrogen-bond donors (Lipinski definition) is 1. The van der Waals surface area contributed by atoms with Crippen LogP contribution >= 0.6 is 22.9 Å². The number of aryl methyl sites for hydroxylation is 1. The number of β-amino-alcohol motifs (C(OH)–C–C–N with tert-alkyl or cyclic N) is 1. The maximum atomic E-state index is 10.4. The van der Waals surface area contributed by atoms with Crippen LogP contribution in [-0.4, -0.2) is 35.3 Å². The van der Waals surface area contributed by atoms with Gasteiger partial charge in [-0.3, -0.25) is 4.90 Å². The summed E-state index contributed by atoms with van der Waals surface area (Å²) < 4.78 is 5.90. The number of aliphatic hydroxyl groups excluding tert-OH is 1. The van der Waals surface area contributed by atoms with E-state index in [4.69, 9.17) is 16.3 Å². The number of likely N-dealkylation sites (tertiary alicyclic amines) is 1. The fourth-order valence-electron chi connectivity index (χ4n) is 2.71. The number of thiophene rings is 1. The molecule has 0 aliphatic carbocycles. The second kappa shape index (κ2) is 7.01. The van der Waals surface area contributed by atoms with Crippen LogP contribution in [0.2, 0.25) is 5.02 Å². The van der Waals surface area contributed by atoms with Crippen molar-refractivity contribution in [2.75, 3.05) is 13.1 Å². The highest BCUT2D eigenvalue weighted by atomic mass is 35.5. The van der Waals surface area contributed by atoms with Crippen LogP contribution < -0.4 is 4.74 Å². The van der Waals surface area contributed by atoms with E-state index in [0.29, 0.717) is 11.6 Å². The Morgan fingerprint density at radius 3 is 2.73 bits per heavy atom. The van der Waals surface area contributed by atoms with Gasteiger partial charge in [-0.2, -0.15) is 0 Å². The molecular formula is C17H20ClNO2S. The Kier molecular flexibility index (Phi) is 5.03. The van der Waals surface area contributed by atoms with Crippen molar-refractivity contribution in [1.82, 2.24) is 4.90 Å². The largest absolute Gasteiger partial charge is 0.488 e. The summed E-state index contributed by atoms with van der Waals surface area (Å²) in [5.74, 6) is 0.760. The molecule has 3 rings (SSSR count). The molecule has 22 heavy (non-hydrogen) atoms. The molecule has 1 N–H and O–H groups in total. The van der Waals surface area contributed by atoms with Crippen molar-refractivity contribution in [1.29, 1.82) is 0 Å². The monoisotopic (exact) mass is 337 g/mol. The fourth-order valence-corrected chi connectivity index (χ4v) is 3.79. The zero-order chi connectivity index (χ0) is 15.5. The molecule has 2 aromatic rings. The number of nitrogens with zero attached hydrogens (tertiary/aromatic N) is 1. The summed E-state index contributed by atoms with van der Waals surface area (Å²) in [7, 11) is 0. The Balaban J connectivity index is 1.55. The van der Waals surface area contributed by atoms with Gasteiger partial charge in [-0.05, 0) is 54.6 Å². The van der Waals surface area contributed by atoms with Crippen molar-refractivity contribution < 1.29 is 9.84 Å². The van der Waals surface area contributed by atoms with E-state index < -0.39 is 6.10 Å². The van der Waals surface area contributed by atoms with Crippen molar-refractivity contribution in [2.45, 2.75) is 32.1 Å². The Morgan fingerprint density at radius 1 is 1.32 bits per heavy atom. The first kappa shape index (κ1) is 15.8. The molecule has 1 aromatic carbocycles. The van der Waals surface area contributed by atoms with E-state index in [1.54, 1.807) is 23.5 Å². The van der Waals surface area contributed by atoms with Crippen LogP contribution in [0.15, 0.2) is 35.7 Å². The van der Waals surface area contributed by atoms with Crippen molar-refractivity contribution in [2.24, 2.45) is 0 Å². The van der Waals surface area contributed by atoms with Gasteiger partial charge in [0, 0.05) is 29.5 Å². The molecule has 5 heteroatoms. The highest BCUT2D eigenvalue weighted by Crippen LogP contribution is 2.24. The van der Waals surface area contributed by atoms with Crippen LogP contribution in [0.25, 0.3) is 0 Å². The second-order valence-corrected chi connectivity index (χ2v) is 7.17. The van der Waals surface area contributed by atoms with E-state index in [-0.39, 0.29) is 6.10 Å². The fraction of sp³-hybridized carbons (Fsp3) is 0.412. The van der Waals surface area contributed by atoms with Gasteiger partial charge in [0.2, 0.25) is 0 Å². The number of benzene rings is 1. The predicted octanol–water partition coefficient (Wildman–Crippen LogP) is 3.72. The summed E-state index contributed by atoms with van der Waals surface area (Å²) in [6.07, 6.45) is 0.209. The molecule has 2 atom stereocenters. The van der Waals surface area contributed by atoms with Crippen LogP contribution in [0.4, 0.5) is 0 Å². The number of rotatable bonds is 4. The summed E-state index contributed by atoms with van der Waals surface area (Å²) >= 11 is 7.65. The first-order valence-corrected chi connectivity index (χ1v) is 8.73. The lowest BCUT2D eigenvalue weighted by molar-refractivity contribution is -0.0272. The number of hydrogen-bond acceptors (Lipinski definition) is 4. The van der Waals surface area contributed by atoms with Crippen LogP contribution in [-0.2, 0) is 6.54 Å². The van der Waals surface area contributed by atoms with Gasteiger partial charge in [0.1, 0.15) is 18.0 Å². The van der Waals surface area contributed by atoms with Gasteiger partial charge >= 0.3 is 0 Å². The normalized spacial score (nSPS) is 22.7. The van der Waals surface area contributed by atoms with E-state index in [9.17, 15) is 5.11 Å². The van der Waals surface area contributed by atoms with Gasteiger partial charge in [0.15, 0.2) is 0 Å². The molecule has 0 amide bonds. The number of piperidine rings is 1. The van der Waals surface area contributed by atoms with Crippen molar-refractivity contribution in [3.8, 4) is 5.75 Å². The Labute approximate surface area is 140 Å². The molecular weight excluding hydrogens is 318 g/mol. The van der Waals surface area contributed by atoms with Crippen molar-refractivity contribution in [3.63, 3.8) is 0 Å². The standard InChI is InChI=1S/C17H20ClNO2S/c1-12-7-9-22-17(12)11-19-8-6-16(15(20)10-19)21-14-4-2-13(18)3-5-14/h2-5,7,9,15-16,20H,6,8,10-11H2,1H3/t15-,16-/m1/s1. The highest BCUT2D eigenvalue weighted by molar-refractivity contribution is 7.10. The molecule has 0 bridgehead atoms. The average molecular weight is 338 g/mol. The lowest BCUT2D eigenvalue weighted by Gasteiger charge is -2.35. The molecule has 3 nitrogen and oxygen atoms in total. The molecule has 0 saturated carbocycles. The topological polar surface area (TPSA) is 32.7 Å². The number of ether oxygens (including phenoxy) is 1. The summed E-state index contributed by atoms with van der Waals surface area (Å²) in [6.45, 7) is 4.63. The molecule has 1 aliphatic rings. The maximum absolute atomic E-state index is 10.4. The number of aliphatic hydroxyl groups is 1. The van der Waals surface area contributed by atoms with Crippen LogP contribution in [0.1, 0.15) is 16.9 Å². The van der Waals surface area contributed by atoms with E-state index in [0.717, 1.165) is 25.3 Å². The first-order valence-electron chi connectivity index (χ1n) is 7.47. The van der Waals surface area contributed by atoms with Gasteiger partial charge in [-0.25, -0.2) is 0 Å². The van der Waals surface area contributed by atoms with Gasteiger partial charge in [0.05, 0.1) is 0 Å². The third-order valence-electron chi connectivity index (χ3n) is 4.04. The minimum atomic E-state index is -0.468. The Morgan fingerprint density at radius 2 is 2.09 bits per heavy atom. The van der Waals surface area contributed by atoms with Gasteiger partial charge < -0.3 is 9.84 Å². The minimum absolute atomic E-state index is 0.151. The van der Waals surface area contributed by atoms with E-state index in [1.807, 2.05) is 12.1 Å². The summed E-state index contributed by atoms with van der Waals surface area (Å²) in [4.78, 5) is 3.68. The zero-order valence-electron chi connectivity index (χ0n) is 12.5. The summed E-state index contributed by atoms with van der Waals surface area (Å²) in [5, 5.41) is 13.2. The average Bonchev–Trinajstić information content (AvgIpc) is 2.89. The van der Waals surface area contributed by atoms with E-state index >= 15 is 0 Å². The lowest BCUT2D eigenvalue weighted by Crippen LogP contribution is -2.48. The number of halogens is 1. The zero-order valence-corrected chi connectivity index (χ0v) is 14.1. The summed E-state index contributed by atoms with van der Waals surface area (Å²) in [5.41, 5.74) is 1.33. The van der Waals surface area contributed by atoms with Crippen molar-refractivity contribution in [3.05, 3.63) is 51.2 Å². The summed E-state index contributed by atoms with van der Waals surface area (Å²) in [6, 6.07) is 9.44. The van der Waals surface area contributed by atoms with E-state index in [1.165, 1.54) is 10.4 Å². The first-order chi connectivity index (χ1) is 10.6. The molecule has 0 unspecified atom stereocenters. The van der Waals surface area contributed by atoms with Crippen molar-refractivity contribution >= 4 is 22.9 Å². The smallest absolute Gasteiger partial charge is 0.127 e. The minimum Gasteiger partial charge on any atom is -0.488 e. The van der Waals surface area contributed by atoms with Crippen LogP contribution in [0.3, 0.4) is 0 Å². The Hall–Kier alpha value is -1.07. The third kappa shape index (κ3) is 3.82. The second-order valence-electron chi connectivity index (χ2n) is 5.73. The molecule has 0 spiro atoms. The van der Waals surface area contributed by atoms with Crippen LogP contribution in [0.5, 0.6) is 5.75 Å². The Bertz CT molecular complexity index is 613. The molecule has 1 aliphatic heterocycles. The molecule has 1 fully saturated rings. The molecule has 118 valence electrons. The molecule has 1 saturated heterocycles. The third-order valence-corrected chi connectivity index (χ3v) is 5.30. The van der Waals surface area contributed by atoms with Crippen LogP contribution in [0, 0.1) is 6.92 Å². The van der Waals surface area contributed by atoms with Gasteiger partial charge in [-0.15, -0.1) is 11.3 Å². The maximum Gasteiger partial charge on any atom is 0.127 e. The van der Waals surface area contributed by atoms with E-state index in [2.05, 4.69) is 23.3 Å². The molecule has 1 aromatic heterocycles. The molecule has 2 heterocycles. The predicted molar refractivity (Wildman–Crippen MR) is 90.8 cm³/mol. The van der Waals surface area contributed by atoms with Gasteiger partial charge in [0.25, 0.3) is 0 Å². The van der Waals surface area contributed by atoms with Gasteiger partial charge in [-0.1, -0.05) is 11.6 Å². The SMILES string of the molecule is Cc1ccsc1CN1CC[C@@H](Oc2ccc(Cl)cc2)[C@H](O)C1. The quantitative estimate of drug-likeness (QED) is 0.922. The molecule has 0 radical (unpaired) electrons. The lowest BCUT2D eigenvalue weighted by atomic mass is 10.0. The highest BCUT2D eigenvalue weighted by Gasteiger charge is 2.29.